The van der Waals surface area contributed by atoms with Gasteiger partial charge < -0.3 is 9.72 Å². The molecule has 1 fully saturated rings. The number of rotatable bonds is 5. The fourth-order valence-electron chi connectivity index (χ4n) is 2.98. The first kappa shape index (κ1) is 16.6. The van der Waals surface area contributed by atoms with E-state index in [1.165, 1.54) is 4.31 Å². The van der Waals surface area contributed by atoms with E-state index in [9.17, 15) is 8.42 Å². The van der Waals surface area contributed by atoms with Crippen LogP contribution < -0.4 is 0 Å². The zero-order valence-corrected chi connectivity index (χ0v) is 14.0. The summed E-state index contributed by atoms with van der Waals surface area (Å²) in [6.45, 7) is 0.294. The molecule has 0 bridgehead atoms. The molecule has 2 heterocycles. The second-order valence-corrected chi connectivity index (χ2v) is 7.64. The predicted molar refractivity (Wildman–Crippen MR) is 87.2 cm³/mol. The van der Waals surface area contributed by atoms with Crippen molar-refractivity contribution in [2.45, 2.75) is 24.3 Å². The Bertz CT molecular complexity index is 842. The summed E-state index contributed by atoms with van der Waals surface area (Å²) in [6, 6.07) is 8.31. The number of ether oxygens (including phenoxy) is 1. The van der Waals surface area contributed by atoms with Crippen molar-refractivity contribution in [2.75, 3.05) is 13.7 Å². The summed E-state index contributed by atoms with van der Waals surface area (Å²) in [5.41, 5.74) is 1.04. The molecule has 1 N–H and O–H groups in total. The Labute approximate surface area is 140 Å². The fourth-order valence-corrected chi connectivity index (χ4v) is 4.71. The third kappa shape index (κ3) is 3.33. The minimum atomic E-state index is -3.57. The van der Waals surface area contributed by atoms with Gasteiger partial charge in [-0.05, 0) is 24.1 Å². The van der Waals surface area contributed by atoms with E-state index in [4.69, 9.17) is 10.00 Å². The van der Waals surface area contributed by atoms with Crippen molar-refractivity contribution in [3.05, 3.63) is 53.6 Å². The molecule has 1 aromatic heterocycles. The van der Waals surface area contributed by atoms with E-state index < -0.39 is 10.0 Å². The van der Waals surface area contributed by atoms with Gasteiger partial charge in [0.15, 0.2) is 0 Å². The molecule has 3 rings (SSSR count). The number of sulfonamides is 1. The van der Waals surface area contributed by atoms with Gasteiger partial charge >= 0.3 is 0 Å². The van der Waals surface area contributed by atoms with Gasteiger partial charge in [-0.1, -0.05) is 12.1 Å². The van der Waals surface area contributed by atoms with Crippen LogP contribution in [0.1, 0.15) is 29.4 Å². The van der Waals surface area contributed by atoms with E-state index in [2.05, 4.69) is 9.97 Å². The molecule has 0 amide bonds. The topological polar surface area (TPSA) is 99.1 Å². The second kappa shape index (κ2) is 6.73. The number of nitrogens with zero attached hydrogens (tertiary/aromatic N) is 3. The highest BCUT2D eigenvalue weighted by Crippen LogP contribution is 2.34. The monoisotopic (exact) mass is 346 g/mol. The summed E-state index contributed by atoms with van der Waals surface area (Å²) < 4.78 is 32.6. The molecular formula is C16H18N4O3S. The standard InChI is InChI=1S/C16H18N4O3S/c1-23-14-8-15(16-18-5-6-19-16)20(10-14)24(21,22)11-13-4-2-3-12(7-13)9-17/h2-7,14-15H,8,10-11H2,1H3,(H,18,19)/t14-,15?/m1/s1. The van der Waals surface area contributed by atoms with Crippen molar-refractivity contribution in [2.24, 2.45) is 0 Å². The Morgan fingerprint density at radius 1 is 1.50 bits per heavy atom. The van der Waals surface area contributed by atoms with Crippen molar-refractivity contribution in [1.29, 1.82) is 5.26 Å². The SMILES string of the molecule is CO[C@@H]1CC(c2ncc[nH]2)N(S(=O)(=O)Cc2cccc(C#N)c2)C1. The molecule has 0 saturated carbocycles. The number of nitriles is 1. The van der Waals surface area contributed by atoms with Gasteiger partial charge in [-0.25, -0.2) is 13.4 Å². The van der Waals surface area contributed by atoms with Crippen LogP contribution in [0.25, 0.3) is 0 Å². The summed E-state index contributed by atoms with van der Waals surface area (Å²) in [5, 5.41) is 8.97. The van der Waals surface area contributed by atoms with Crippen LogP contribution in [0.3, 0.4) is 0 Å². The zero-order chi connectivity index (χ0) is 17.2. The highest BCUT2D eigenvalue weighted by Gasteiger charge is 2.41. The van der Waals surface area contributed by atoms with Crippen LogP contribution in [0.4, 0.5) is 0 Å². The zero-order valence-electron chi connectivity index (χ0n) is 13.2. The molecule has 1 saturated heterocycles. The van der Waals surface area contributed by atoms with Crippen molar-refractivity contribution in [1.82, 2.24) is 14.3 Å². The van der Waals surface area contributed by atoms with E-state index >= 15 is 0 Å². The number of nitrogens with one attached hydrogen (secondary N) is 1. The smallest absolute Gasteiger partial charge is 0.219 e. The lowest BCUT2D eigenvalue weighted by atomic mass is 10.2. The van der Waals surface area contributed by atoms with E-state index in [0.717, 1.165) is 0 Å². The molecule has 2 aromatic rings. The third-order valence-electron chi connectivity index (χ3n) is 4.15. The molecule has 8 heteroatoms. The normalized spacial score (nSPS) is 21.7. The van der Waals surface area contributed by atoms with E-state index in [1.807, 2.05) is 6.07 Å². The lowest BCUT2D eigenvalue weighted by Gasteiger charge is -2.22. The molecule has 24 heavy (non-hydrogen) atoms. The van der Waals surface area contributed by atoms with Crippen LogP contribution in [0.5, 0.6) is 0 Å². The molecule has 2 atom stereocenters. The average molecular weight is 346 g/mol. The van der Waals surface area contributed by atoms with Gasteiger partial charge in [-0.3, -0.25) is 0 Å². The number of methoxy groups -OCH3 is 1. The van der Waals surface area contributed by atoms with Gasteiger partial charge in [-0.15, -0.1) is 0 Å². The number of imidazole rings is 1. The number of H-pyrrole nitrogens is 1. The lowest BCUT2D eigenvalue weighted by Crippen LogP contribution is -2.33. The van der Waals surface area contributed by atoms with Gasteiger partial charge in [-0.2, -0.15) is 9.57 Å². The van der Waals surface area contributed by atoms with Crippen LogP contribution >= 0.6 is 0 Å². The number of hydrogen-bond acceptors (Lipinski definition) is 5. The Hall–Kier alpha value is -2.21. The molecular weight excluding hydrogens is 328 g/mol. The summed E-state index contributed by atoms with van der Waals surface area (Å²) >= 11 is 0. The number of hydrogen-bond donors (Lipinski definition) is 1. The Balaban J connectivity index is 1.87. The number of aromatic amines is 1. The minimum absolute atomic E-state index is 0.157. The van der Waals surface area contributed by atoms with Crippen LogP contribution in [0.2, 0.25) is 0 Å². The third-order valence-corrected chi connectivity index (χ3v) is 5.96. The number of benzene rings is 1. The summed E-state index contributed by atoms with van der Waals surface area (Å²) in [4.78, 5) is 7.20. The molecule has 0 radical (unpaired) electrons. The Kier molecular flexibility index (Phi) is 4.66. The van der Waals surface area contributed by atoms with Gasteiger partial charge in [0.2, 0.25) is 10.0 Å². The van der Waals surface area contributed by atoms with Crippen LogP contribution in [0.15, 0.2) is 36.7 Å². The maximum absolute atomic E-state index is 12.9. The van der Waals surface area contributed by atoms with E-state index in [0.29, 0.717) is 29.9 Å². The molecule has 1 aromatic carbocycles. The highest BCUT2D eigenvalue weighted by molar-refractivity contribution is 7.88. The van der Waals surface area contributed by atoms with Gasteiger partial charge in [0.25, 0.3) is 0 Å². The molecule has 0 aliphatic carbocycles. The maximum Gasteiger partial charge on any atom is 0.219 e. The first-order valence-corrected chi connectivity index (χ1v) is 9.15. The first-order chi connectivity index (χ1) is 11.5. The molecule has 1 aliphatic heterocycles. The predicted octanol–water partition coefficient (Wildman–Crippen LogP) is 1.57. The van der Waals surface area contributed by atoms with Gasteiger partial charge in [0.1, 0.15) is 5.82 Å². The highest BCUT2D eigenvalue weighted by atomic mass is 32.2. The van der Waals surface area contributed by atoms with Crippen LogP contribution in [-0.2, 0) is 20.5 Å². The number of aromatic nitrogens is 2. The van der Waals surface area contributed by atoms with Crippen molar-refractivity contribution < 1.29 is 13.2 Å². The molecule has 0 spiro atoms. The first-order valence-electron chi connectivity index (χ1n) is 7.54. The largest absolute Gasteiger partial charge is 0.380 e. The van der Waals surface area contributed by atoms with Crippen LogP contribution in [-0.4, -0.2) is 42.4 Å². The Morgan fingerprint density at radius 3 is 3.00 bits per heavy atom. The molecule has 1 unspecified atom stereocenters. The second-order valence-electron chi connectivity index (χ2n) is 5.72. The average Bonchev–Trinajstić information content (AvgIpc) is 3.23. The summed E-state index contributed by atoms with van der Waals surface area (Å²) in [6.07, 6.45) is 3.68. The van der Waals surface area contributed by atoms with Crippen molar-refractivity contribution >= 4 is 10.0 Å². The molecule has 7 nitrogen and oxygen atoms in total. The van der Waals surface area contributed by atoms with Gasteiger partial charge in [0.05, 0.1) is 29.5 Å². The molecule has 1 aliphatic rings. The van der Waals surface area contributed by atoms with Crippen molar-refractivity contribution in [3.8, 4) is 6.07 Å². The van der Waals surface area contributed by atoms with Crippen LogP contribution in [0, 0.1) is 11.3 Å². The quantitative estimate of drug-likeness (QED) is 0.886. The summed E-state index contributed by atoms with van der Waals surface area (Å²) in [7, 11) is -1.99. The van der Waals surface area contributed by atoms with E-state index in [-0.39, 0.29) is 17.9 Å². The Morgan fingerprint density at radius 2 is 2.33 bits per heavy atom. The minimum Gasteiger partial charge on any atom is -0.380 e. The van der Waals surface area contributed by atoms with E-state index in [1.54, 1.807) is 43.8 Å². The van der Waals surface area contributed by atoms with Crippen molar-refractivity contribution in [3.63, 3.8) is 0 Å². The maximum atomic E-state index is 12.9. The fraction of sp³-hybridized carbons (Fsp3) is 0.375. The lowest BCUT2D eigenvalue weighted by molar-refractivity contribution is 0.114. The van der Waals surface area contributed by atoms with Gasteiger partial charge in [0, 0.05) is 26.0 Å². The summed E-state index contributed by atoms with van der Waals surface area (Å²) in [5.74, 6) is 0.458. The molecule has 126 valence electrons.